The molecular formula is C9H13OP. The van der Waals surface area contributed by atoms with Crippen LogP contribution in [0, 0.1) is 13.8 Å². The predicted molar refractivity (Wildman–Crippen MR) is 51.8 cm³/mol. The molecule has 0 saturated heterocycles. The van der Waals surface area contributed by atoms with Crippen LogP contribution in [0.2, 0.25) is 0 Å². The summed E-state index contributed by atoms with van der Waals surface area (Å²) in [4.78, 5) is 0. The van der Waals surface area contributed by atoms with Crippen LogP contribution in [0.4, 0.5) is 0 Å². The highest BCUT2D eigenvalue weighted by Gasteiger charge is 1.99. The number of benzene rings is 1. The molecule has 1 nitrogen and oxygen atoms in total. The summed E-state index contributed by atoms with van der Waals surface area (Å²) in [5, 5.41) is 1.24. The van der Waals surface area contributed by atoms with E-state index >= 15 is 0 Å². The van der Waals surface area contributed by atoms with Gasteiger partial charge in [0.25, 0.3) is 0 Å². The topological polar surface area (TPSA) is 9.23 Å². The molecule has 0 fully saturated rings. The summed E-state index contributed by atoms with van der Waals surface area (Å²) in [6.45, 7) is 4.12. The van der Waals surface area contributed by atoms with Crippen molar-refractivity contribution in [1.29, 1.82) is 0 Å². The Balaban J connectivity index is 3.21. The number of ether oxygens (including phenoxy) is 1. The second kappa shape index (κ2) is 3.23. The van der Waals surface area contributed by atoms with Crippen molar-refractivity contribution in [2.24, 2.45) is 0 Å². The summed E-state index contributed by atoms with van der Waals surface area (Å²) >= 11 is 0. The van der Waals surface area contributed by atoms with Gasteiger partial charge in [0.2, 0.25) is 0 Å². The molecular weight excluding hydrogens is 155 g/mol. The third-order valence-corrected chi connectivity index (χ3v) is 2.41. The fourth-order valence-electron chi connectivity index (χ4n) is 1.03. The lowest BCUT2D eigenvalue weighted by molar-refractivity contribution is 0.411. The van der Waals surface area contributed by atoms with Crippen LogP contribution in [0.3, 0.4) is 0 Å². The van der Waals surface area contributed by atoms with Crippen molar-refractivity contribution < 1.29 is 4.74 Å². The van der Waals surface area contributed by atoms with Crippen LogP contribution in [0.1, 0.15) is 11.1 Å². The first-order valence-corrected chi connectivity index (χ1v) is 4.13. The van der Waals surface area contributed by atoms with Crippen molar-refractivity contribution in [2.75, 3.05) is 7.11 Å². The van der Waals surface area contributed by atoms with Crippen molar-refractivity contribution in [3.8, 4) is 5.75 Å². The minimum absolute atomic E-state index is 0.966. The number of hydrogen-bond donors (Lipinski definition) is 0. The van der Waals surface area contributed by atoms with Crippen molar-refractivity contribution in [3.05, 3.63) is 23.3 Å². The van der Waals surface area contributed by atoms with E-state index in [0.717, 1.165) is 5.75 Å². The van der Waals surface area contributed by atoms with E-state index in [1.165, 1.54) is 16.4 Å². The summed E-state index contributed by atoms with van der Waals surface area (Å²) < 4.78 is 5.17. The molecule has 0 heterocycles. The number of aryl methyl sites for hydroxylation is 2. The maximum Gasteiger partial charge on any atom is 0.122 e. The second-order valence-corrected chi connectivity index (χ2v) is 3.30. The average Bonchev–Trinajstić information content (AvgIpc) is 1.97. The molecule has 0 aliphatic carbocycles. The molecule has 1 atom stereocenters. The summed E-state index contributed by atoms with van der Waals surface area (Å²) in [5.74, 6) is 0.966. The standard InChI is InChI=1S/C9H13OP/c1-6-5-9(11)7(2)4-8(6)10-3/h4-5H,11H2,1-3H3. The van der Waals surface area contributed by atoms with Crippen LogP contribution in [0.15, 0.2) is 12.1 Å². The van der Waals surface area contributed by atoms with E-state index in [-0.39, 0.29) is 0 Å². The van der Waals surface area contributed by atoms with Crippen molar-refractivity contribution in [3.63, 3.8) is 0 Å². The highest BCUT2D eigenvalue weighted by atomic mass is 31.0. The van der Waals surface area contributed by atoms with Crippen molar-refractivity contribution in [1.82, 2.24) is 0 Å². The van der Waals surface area contributed by atoms with Crippen molar-refractivity contribution in [2.45, 2.75) is 13.8 Å². The predicted octanol–water partition coefficient (Wildman–Crippen LogP) is 1.81. The fourth-order valence-corrected chi connectivity index (χ4v) is 1.37. The summed E-state index contributed by atoms with van der Waals surface area (Å²) in [6.07, 6.45) is 0. The molecule has 2 heteroatoms. The third-order valence-electron chi connectivity index (χ3n) is 1.78. The van der Waals surface area contributed by atoms with Gasteiger partial charge in [0.1, 0.15) is 5.75 Å². The first-order chi connectivity index (χ1) is 5.15. The lowest BCUT2D eigenvalue weighted by atomic mass is 10.1. The molecule has 1 aromatic carbocycles. The van der Waals surface area contributed by atoms with Crippen LogP contribution in [-0.4, -0.2) is 7.11 Å². The minimum Gasteiger partial charge on any atom is -0.496 e. The van der Waals surface area contributed by atoms with Crippen LogP contribution in [0.5, 0.6) is 5.75 Å². The fraction of sp³-hybridized carbons (Fsp3) is 0.333. The first kappa shape index (κ1) is 8.55. The van der Waals surface area contributed by atoms with Crippen molar-refractivity contribution >= 4 is 14.5 Å². The molecule has 11 heavy (non-hydrogen) atoms. The molecule has 60 valence electrons. The molecule has 0 aromatic heterocycles. The Morgan fingerprint density at radius 3 is 2.36 bits per heavy atom. The monoisotopic (exact) mass is 168 g/mol. The highest BCUT2D eigenvalue weighted by Crippen LogP contribution is 2.18. The zero-order valence-electron chi connectivity index (χ0n) is 7.14. The molecule has 0 spiro atoms. The molecule has 0 bridgehead atoms. The summed E-state index contributed by atoms with van der Waals surface area (Å²) in [6, 6.07) is 4.16. The van der Waals surface area contributed by atoms with E-state index in [1.54, 1.807) is 7.11 Å². The molecule has 1 rings (SSSR count). The molecule has 0 N–H and O–H groups in total. The highest BCUT2D eigenvalue weighted by molar-refractivity contribution is 7.27. The number of methoxy groups -OCH3 is 1. The van der Waals surface area contributed by atoms with Crippen LogP contribution < -0.4 is 10.0 Å². The average molecular weight is 168 g/mol. The summed E-state index contributed by atoms with van der Waals surface area (Å²) in [7, 11) is 4.41. The molecule has 0 aliphatic heterocycles. The van der Waals surface area contributed by atoms with Gasteiger partial charge in [0.05, 0.1) is 7.11 Å². The van der Waals surface area contributed by atoms with E-state index in [9.17, 15) is 0 Å². The van der Waals surface area contributed by atoms with Gasteiger partial charge in [-0.25, -0.2) is 0 Å². The van der Waals surface area contributed by atoms with E-state index in [2.05, 4.69) is 28.3 Å². The van der Waals surface area contributed by atoms with Gasteiger partial charge in [-0.3, -0.25) is 0 Å². The van der Waals surface area contributed by atoms with Gasteiger partial charge in [-0.05, 0) is 42.4 Å². The smallest absolute Gasteiger partial charge is 0.122 e. The number of rotatable bonds is 1. The first-order valence-electron chi connectivity index (χ1n) is 3.56. The van der Waals surface area contributed by atoms with Gasteiger partial charge in [-0.15, -0.1) is 9.24 Å². The van der Waals surface area contributed by atoms with E-state index in [4.69, 9.17) is 4.74 Å². The van der Waals surface area contributed by atoms with Gasteiger partial charge in [-0.1, -0.05) is 0 Å². The Labute approximate surface area is 70.0 Å². The van der Waals surface area contributed by atoms with Crippen LogP contribution >= 0.6 is 9.24 Å². The van der Waals surface area contributed by atoms with Gasteiger partial charge in [-0.2, -0.15) is 0 Å². The molecule has 1 aromatic rings. The van der Waals surface area contributed by atoms with Gasteiger partial charge >= 0.3 is 0 Å². The van der Waals surface area contributed by atoms with Crippen LogP contribution in [-0.2, 0) is 0 Å². The number of hydrogen-bond acceptors (Lipinski definition) is 1. The largest absolute Gasteiger partial charge is 0.496 e. The Morgan fingerprint density at radius 1 is 1.18 bits per heavy atom. The Kier molecular flexibility index (Phi) is 2.51. The van der Waals surface area contributed by atoms with E-state index < -0.39 is 0 Å². The normalized spacial score (nSPS) is 9.82. The maximum absolute atomic E-state index is 5.17. The third kappa shape index (κ3) is 1.72. The molecule has 0 radical (unpaired) electrons. The van der Waals surface area contributed by atoms with Gasteiger partial charge < -0.3 is 4.74 Å². The molecule has 0 amide bonds. The molecule has 1 unspecified atom stereocenters. The van der Waals surface area contributed by atoms with E-state index in [1.807, 2.05) is 6.92 Å². The van der Waals surface area contributed by atoms with Gasteiger partial charge in [0.15, 0.2) is 0 Å². The Hall–Kier alpha value is -0.550. The Bertz CT molecular complexity index is 269. The lowest BCUT2D eigenvalue weighted by Crippen LogP contribution is -1.99. The molecule has 0 aliphatic rings. The summed E-state index contributed by atoms with van der Waals surface area (Å²) in [5.41, 5.74) is 2.43. The molecule has 0 saturated carbocycles. The quantitative estimate of drug-likeness (QED) is 0.581. The van der Waals surface area contributed by atoms with Crippen LogP contribution in [0.25, 0.3) is 0 Å². The second-order valence-electron chi connectivity index (χ2n) is 2.68. The lowest BCUT2D eigenvalue weighted by Gasteiger charge is -2.07. The van der Waals surface area contributed by atoms with E-state index in [0.29, 0.717) is 0 Å². The Morgan fingerprint density at radius 2 is 1.82 bits per heavy atom. The zero-order valence-corrected chi connectivity index (χ0v) is 8.29. The van der Waals surface area contributed by atoms with Gasteiger partial charge in [0, 0.05) is 0 Å². The zero-order chi connectivity index (χ0) is 8.43. The SMILES string of the molecule is COc1cc(C)c(P)cc1C. The maximum atomic E-state index is 5.17. The minimum atomic E-state index is 0.966.